The monoisotopic (exact) mass is 1060 g/mol. The summed E-state index contributed by atoms with van der Waals surface area (Å²) in [6.45, 7) is 16.1. The number of Topliss-reactive ketones (excluding diaryl/α,β-unsaturated/α-hetero) is 1. The molecular formula is C56H88O19. The number of carbonyl (C=O) groups excluding carboxylic acids is 1. The third kappa shape index (κ3) is 10.5. The van der Waals surface area contributed by atoms with Gasteiger partial charge in [0.2, 0.25) is 6.29 Å². The van der Waals surface area contributed by atoms with Crippen molar-refractivity contribution in [2.45, 2.75) is 261 Å². The van der Waals surface area contributed by atoms with Gasteiger partial charge in [-0.05, 0) is 122 Å². The Balaban J connectivity index is 0.730. The normalized spacial score (nSPS) is 51.6. The fraction of sp³-hybridized carbons (Fsp3) is 0.911. The summed E-state index contributed by atoms with van der Waals surface area (Å²) in [7, 11) is 6.35. The van der Waals surface area contributed by atoms with Crippen molar-refractivity contribution in [1.29, 1.82) is 0 Å². The Morgan fingerprint density at radius 3 is 2.13 bits per heavy atom. The summed E-state index contributed by atoms with van der Waals surface area (Å²) in [6, 6.07) is 0. The Morgan fingerprint density at radius 1 is 0.733 bits per heavy atom. The van der Waals surface area contributed by atoms with E-state index in [0.29, 0.717) is 49.2 Å². The fourth-order valence-corrected chi connectivity index (χ4v) is 15.7. The van der Waals surface area contributed by atoms with Crippen LogP contribution in [0.4, 0.5) is 0 Å². The molecule has 19 nitrogen and oxygen atoms in total. The van der Waals surface area contributed by atoms with Crippen LogP contribution in [0, 0.1) is 28.6 Å². The molecule has 3 saturated carbocycles. The molecule has 426 valence electrons. The summed E-state index contributed by atoms with van der Waals surface area (Å²) in [5.41, 5.74) is 0.0691. The van der Waals surface area contributed by atoms with Crippen LogP contribution < -0.4 is 0 Å². The van der Waals surface area contributed by atoms with Crippen molar-refractivity contribution in [1.82, 2.24) is 0 Å². The lowest BCUT2D eigenvalue weighted by Gasteiger charge is -2.59. The average molecular weight is 1070 g/mol. The second-order valence-electron chi connectivity index (χ2n) is 24.0. The highest BCUT2D eigenvalue weighted by molar-refractivity contribution is 5.96. The number of ether oxygens (including phenoxy) is 16. The van der Waals surface area contributed by atoms with E-state index in [0.717, 1.165) is 44.9 Å². The topological polar surface area (TPSA) is 205 Å². The molecule has 0 amide bonds. The second kappa shape index (κ2) is 22.3. The third-order valence-electron chi connectivity index (χ3n) is 20.0. The third-order valence-corrected chi connectivity index (χ3v) is 20.0. The predicted octanol–water partition coefficient (Wildman–Crippen LogP) is 6.12. The van der Waals surface area contributed by atoms with Crippen molar-refractivity contribution in [3.63, 3.8) is 0 Å². The average Bonchev–Trinajstić information content (AvgIpc) is 3.57. The van der Waals surface area contributed by atoms with Gasteiger partial charge in [0, 0.05) is 46.0 Å². The number of hydrogen-bond donors (Lipinski definition) is 2. The molecule has 1 spiro atoms. The van der Waals surface area contributed by atoms with E-state index in [9.17, 15) is 15.0 Å². The van der Waals surface area contributed by atoms with Crippen molar-refractivity contribution < 1.29 is 90.8 Å². The predicted molar refractivity (Wildman–Crippen MR) is 265 cm³/mol. The molecule has 6 heterocycles. The minimum atomic E-state index is -1.51. The molecule has 26 atom stereocenters. The maximum atomic E-state index is 13.0. The van der Waals surface area contributed by atoms with Crippen LogP contribution in [0.5, 0.6) is 0 Å². The zero-order valence-electron chi connectivity index (χ0n) is 46.4. The van der Waals surface area contributed by atoms with Gasteiger partial charge in [-0.1, -0.05) is 25.5 Å². The molecule has 10 rings (SSSR count). The first kappa shape index (κ1) is 56.5. The Kier molecular flexibility index (Phi) is 16.8. The van der Waals surface area contributed by atoms with Crippen LogP contribution in [0.3, 0.4) is 0 Å². The quantitative estimate of drug-likeness (QED) is 0.200. The first-order chi connectivity index (χ1) is 35.7. The zero-order valence-corrected chi connectivity index (χ0v) is 46.4. The van der Waals surface area contributed by atoms with Crippen molar-refractivity contribution in [2.75, 3.05) is 35.2 Å². The number of ketones is 1. The molecule has 19 heteroatoms. The minimum Gasteiger partial charge on any atom is -0.493 e. The van der Waals surface area contributed by atoms with Gasteiger partial charge in [-0.3, -0.25) is 4.79 Å². The van der Waals surface area contributed by atoms with Gasteiger partial charge >= 0.3 is 0 Å². The number of fused-ring (bicyclic) bond motifs is 6. The molecule has 4 aliphatic carbocycles. The van der Waals surface area contributed by atoms with Crippen LogP contribution in [0.25, 0.3) is 0 Å². The number of hydrogen-bond acceptors (Lipinski definition) is 19. The molecule has 8 fully saturated rings. The van der Waals surface area contributed by atoms with E-state index < -0.39 is 110 Å². The smallest absolute Gasteiger partial charge is 0.288 e. The van der Waals surface area contributed by atoms with Gasteiger partial charge in [0.25, 0.3) is 11.8 Å². The summed E-state index contributed by atoms with van der Waals surface area (Å²) in [5, 5.41) is 23.4. The van der Waals surface area contributed by atoms with Gasteiger partial charge in [0.15, 0.2) is 31.4 Å². The molecular weight excluding hydrogens is 977 g/mol. The lowest BCUT2D eigenvalue weighted by atomic mass is 9.46. The van der Waals surface area contributed by atoms with Crippen LogP contribution in [-0.2, 0) is 80.6 Å². The molecule has 10 aliphatic rings. The van der Waals surface area contributed by atoms with Crippen LogP contribution >= 0.6 is 0 Å². The van der Waals surface area contributed by atoms with E-state index in [1.54, 1.807) is 34.3 Å². The molecule has 0 aromatic heterocycles. The van der Waals surface area contributed by atoms with Gasteiger partial charge in [0.05, 0.1) is 86.3 Å². The van der Waals surface area contributed by atoms with E-state index in [4.69, 9.17) is 75.8 Å². The summed E-state index contributed by atoms with van der Waals surface area (Å²) in [6.07, 6.45) is 2.86. The van der Waals surface area contributed by atoms with Crippen LogP contribution in [0.2, 0.25) is 0 Å². The van der Waals surface area contributed by atoms with Crippen LogP contribution in [0.15, 0.2) is 23.5 Å². The number of allylic oxidation sites excluding steroid dienone is 1. The highest BCUT2D eigenvalue weighted by Crippen LogP contribution is 2.68. The first-order valence-electron chi connectivity index (χ1n) is 28.1. The van der Waals surface area contributed by atoms with Gasteiger partial charge in [0.1, 0.15) is 24.4 Å². The largest absolute Gasteiger partial charge is 0.493 e. The van der Waals surface area contributed by atoms with Gasteiger partial charge in [-0.15, -0.1) is 0 Å². The molecule has 2 N–H and O–H groups in total. The van der Waals surface area contributed by atoms with E-state index in [1.807, 2.05) is 34.6 Å². The highest BCUT2D eigenvalue weighted by atomic mass is 16.9. The molecule has 75 heavy (non-hydrogen) atoms. The zero-order chi connectivity index (χ0) is 53.4. The molecule has 0 bridgehead atoms. The maximum Gasteiger partial charge on any atom is 0.288 e. The number of methoxy groups -OCH3 is 4. The molecule has 0 unspecified atom stereocenters. The molecule has 0 aromatic carbocycles. The Hall–Kier alpha value is -1.73. The summed E-state index contributed by atoms with van der Waals surface area (Å²) in [5.74, 6) is -0.178. The van der Waals surface area contributed by atoms with E-state index in [1.165, 1.54) is 12.7 Å². The van der Waals surface area contributed by atoms with Crippen molar-refractivity contribution in [3.05, 3.63) is 23.5 Å². The lowest BCUT2D eigenvalue weighted by molar-refractivity contribution is -0.447. The first-order valence-corrected chi connectivity index (χ1v) is 28.1. The van der Waals surface area contributed by atoms with Crippen LogP contribution in [-0.4, -0.2) is 180 Å². The number of aliphatic hydroxyl groups is 2. The van der Waals surface area contributed by atoms with Crippen molar-refractivity contribution in [2.24, 2.45) is 28.6 Å². The van der Waals surface area contributed by atoms with Crippen molar-refractivity contribution in [3.8, 4) is 0 Å². The number of carbonyl (C=O) groups is 1. The molecule has 0 radical (unpaired) electrons. The SMILES string of the molecule is COC1=C[C@@H](C)O[C@@H](O[C@H]2CC[C@@]3(C)C(=CC[C@@H]4[C@@H]3CC[C@@]3(C)[C@H]4CC[C@]3(O)[C@H](C)O[C@H]3C[C@H]4OCO[C@@]5(C[C@@H](OC)[C@H](O[C@H]6C[C@H](OC)[C@H](O[C@H]7C[C@H](OC)[C@H](O)[C@@H](C)O7)[C@@H](C)O6)[C@@H](C)O5)O[C@@H]4[C@@H](C)O3)C2)C1=O. The van der Waals surface area contributed by atoms with Gasteiger partial charge in [-0.25, -0.2) is 0 Å². The van der Waals surface area contributed by atoms with Crippen LogP contribution in [0.1, 0.15) is 132 Å². The Morgan fingerprint density at radius 2 is 1.41 bits per heavy atom. The van der Waals surface area contributed by atoms with Gasteiger partial charge < -0.3 is 86.0 Å². The van der Waals surface area contributed by atoms with Gasteiger partial charge in [-0.2, -0.15) is 0 Å². The lowest BCUT2D eigenvalue weighted by Crippen LogP contribution is -2.62. The standard InChI is InChI=1S/C56H88O19/c1-28-21-39(60-9)48(58)52(66-28)71-35-15-18-53(7)34(22-35)13-14-36-37(53)16-19-54(8)38(36)17-20-55(54,59)33(6)70-44-25-42-51(31(4)69-44)75-56(65-27-64-42)26-43(63-12)50(32(5)74-56)73-46-24-41(62-11)49(30(3)68-46)72-45-23-40(61-10)47(57)29(2)67-45/h13,21,28-33,35-38,40-47,49-52,57,59H,14-20,22-27H2,1-12H3/t28-,29-,30-,31-,32-,33+,35+,36-,37+,38+,40+,41+,42-,43-,44+,45+,46+,47-,49-,50-,51-,52+,53+,54+,55+,56-/m1/s1. The fourth-order valence-electron chi connectivity index (χ4n) is 15.7. The molecule has 6 aliphatic heterocycles. The number of rotatable bonds is 13. The minimum absolute atomic E-state index is 0.0346. The number of aliphatic hydroxyl groups excluding tert-OH is 1. The Bertz CT molecular complexity index is 2060. The summed E-state index contributed by atoms with van der Waals surface area (Å²) in [4.78, 5) is 13.0. The second-order valence-corrected chi connectivity index (χ2v) is 24.0. The van der Waals surface area contributed by atoms with E-state index >= 15 is 0 Å². The molecule has 5 saturated heterocycles. The van der Waals surface area contributed by atoms with Crippen molar-refractivity contribution >= 4 is 5.78 Å². The maximum absolute atomic E-state index is 13.0. The summed E-state index contributed by atoms with van der Waals surface area (Å²) < 4.78 is 100. The Labute approximate surface area is 443 Å². The van der Waals surface area contributed by atoms with E-state index in [-0.39, 0.29) is 48.1 Å². The summed E-state index contributed by atoms with van der Waals surface area (Å²) >= 11 is 0. The highest BCUT2D eigenvalue weighted by Gasteiger charge is 2.66. The molecule has 0 aromatic rings. The van der Waals surface area contributed by atoms with E-state index in [2.05, 4.69) is 19.9 Å².